The second kappa shape index (κ2) is 7.52. The molecule has 0 unspecified atom stereocenters. The second-order valence-electron chi connectivity index (χ2n) is 5.54. The van der Waals surface area contributed by atoms with Gasteiger partial charge < -0.3 is 9.84 Å². The second-order valence-corrected chi connectivity index (χ2v) is 5.54. The Balaban J connectivity index is 1.86. The number of carboxylic acid groups (broad SMARTS) is 1. The highest BCUT2D eigenvalue weighted by Gasteiger charge is 2.36. The number of benzene rings is 2. The molecule has 0 aromatic heterocycles. The van der Waals surface area contributed by atoms with Crippen molar-refractivity contribution in [2.75, 3.05) is 11.5 Å². The highest BCUT2D eigenvalue weighted by molar-refractivity contribution is 6.39. The standard InChI is InChI=1S/C19H14N2O6/c22-16(23)11-27-14-8-6-12(7-9-14)10-15-17(24)20-19(26)21(18(15)25)13-4-2-1-3-5-13/h1-10H,11H2,(H,22,23)(H,20,24,26). The molecule has 1 heterocycles. The van der Waals surface area contributed by atoms with Gasteiger partial charge in [0.15, 0.2) is 6.61 Å². The van der Waals surface area contributed by atoms with Crippen molar-refractivity contribution in [1.29, 1.82) is 0 Å². The summed E-state index contributed by atoms with van der Waals surface area (Å²) in [6, 6.07) is 13.6. The Kier molecular flexibility index (Phi) is 4.98. The molecule has 1 saturated heterocycles. The quantitative estimate of drug-likeness (QED) is 0.616. The Bertz CT molecular complexity index is 934. The minimum atomic E-state index is -1.10. The van der Waals surface area contributed by atoms with Gasteiger partial charge in [-0.1, -0.05) is 30.3 Å². The normalized spacial score (nSPS) is 15.6. The molecule has 0 atom stereocenters. The Labute approximate surface area is 153 Å². The molecule has 2 aromatic rings. The largest absolute Gasteiger partial charge is 0.482 e. The van der Waals surface area contributed by atoms with Crippen LogP contribution >= 0.6 is 0 Å². The summed E-state index contributed by atoms with van der Waals surface area (Å²) in [5.41, 5.74) is 0.659. The predicted molar refractivity (Wildman–Crippen MR) is 95.0 cm³/mol. The number of amides is 4. The molecule has 0 spiro atoms. The summed E-state index contributed by atoms with van der Waals surface area (Å²) in [6.07, 6.45) is 1.35. The lowest BCUT2D eigenvalue weighted by molar-refractivity contribution is -0.139. The third-order valence-corrected chi connectivity index (χ3v) is 3.67. The third kappa shape index (κ3) is 4.01. The smallest absolute Gasteiger partial charge is 0.341 e. The number of aliphatic carboxylic acids is 1. The van der Waals surface area contributed by atoms with Gasteiger partial charge in [0.2, 0.25) is 0 Å². The van der Waals surface area contributed by atoms with Crippen molar-refractivity contribution >= 4 is 35.6 Å². The van der Waals surface area contributed by atoms with Crippen LogP contribution in [0.25, 0.3) is 6.08 Å². The summed E-state index contributed by atoms with van der Waals surface area (Å²) < 4.78 is 5.02. The average molecular weight is 366 g/mol. The molecule has 1 aliphatic heterocycles. The van der Waals surface area contributed by atoms with Crippen LogP contribution < -0.4 is 15.0 Å². The Morgan fingerprint density at radius 2 is 1.70 bits per heavy atom. The van der Waals surface area contributed by atoms with Gasteiger partial charge >= 0.3 is 12.0 Å². The van der Waals surface area contributed by atoms with E-state index >= 15 is 0 Å². The van der Waals surface area contributed by atoms with Crippen LogP contribution in [-0.2, 0) is 14.4 Å². The number of hydrogen-bond donors (Lipinski definition) is 2. The van der Waals surface area contributed by atoms with Crippen molar-refractivity contribution in [2.24, 2.45) is 0 Å². The fourth-order valence-electron chi connectivity index (χ4n) is 2.44. The van der Waals surface area contributed by atoms with E-state index in [4.69, 9.17) is 9.84 Å². The molecular formula is C19H14N2O6. The van der Waals surface area contributed by atoms with Crippen LogP contribution in [0.2, 0.25) is 0 Å². The zero-order valence-corrected chi connectivity index (χ0v) is 13.9. The number of barbiturate groups is 1. The SMILES string of the molecule is O=C(O)COc1ccc(C=C2C(=O)NC(=O)N(c3ccccc3)C2=O)cc1. The van der Waals surface area contributed by atoms with E-state index in [0.717, 1.165) is 4.90 Å². The molecule has 8 heteroatoms. The number of nitrogens with zero attached hydrogens (tertiary/aromatic N) is 1. The molecule has 2 aromatic carbocycles. The van der Waals surface area contributed by atoms with E-state index < -0.39 is 30.4 Å². The van der Waals surface area contributed by atoms with E-state index in [1.807, 2.05) is 0 Å². The number of rotatable bonds is 5. The van der Waals surface area contributed by atoms with Crippen molar-refractivity contribution in [3.63, 3.8) is 0 Å². The first kappa shape index (κ1) is 17.9. The molecule has 136 valence electrons. The lowest BCUT2D eigenvalue weighted by Crippen LogP contribution is -2.54. The maximum absolute atomic E-state index is 12.7. The molecule has 1 aliphatic rings. The maximum Gasteiger partial charge on any atom is 0.341 e. The number of hydrogen-bond acceptors (Lipinski definition) is 5. The first-order valence-electron chi connectivity index (χ1n) is 7.87. The monoisotopic (exact) mass is 366 g/mol. The van der Waals surface area contributed by atoms with Crippen LogP contribution in [-0.4, -0.2) is 35.5 Å². The summed E-state index contributed by atoms with van der Waals surface area (Å²) in [5.74, 6) is -2.29. The van der Waals surface area contributed by atoms with E-state index in [2.05, 4.69) is 5.32 Å². The van der Waals surface area contributed by atoms with Gasteiger partial charge in [-0.25, -0.2) is 14.5 Å². The van der Waals surface area contributed by atoms with Crippen LogP contribution in [0.1, 0.15) is 5.56 Å². The highest BCUT2D eigenvalue weighted by Crippen LogP contribution is 2.22. The molecule has 0 aliphatic carbocycles. The van der Waals surface area contributed by atoms with Crippen LogP contribution in [0.3, 0.4) is 0 Å². The summed E-state index contributed by atoms with van der Waals surface area (Å²) in [6.45, 7) is -0.477. The average Bonchev–Trinajstić information content (AvgIpc) is 2.65. The van der Waals surface area contributed by atoms with Crippen molar-refractivity contribution in [3.8, 4) is 5.75 Å². The molecule has 4 amide bonds. The van der Waals surface area contributed by atoms with Crippen LogP contribution in [0.4, 0.5) is 10.5 Å². The van der Waals surface area contributed by atoms with E-state index in [1.165, 1.54) is 18.2 Å². The van der Waals surface area contributed by atoms with Gasteiger partial charge in [0, 0.05) is 0 Å². The Hall–Kier alpha value is -3.94. The van der Waals surface area contributed by atoms with E-state index in [9.17, 15) is 19.2 Å². The number of anilines is 1. The number of urea groups is 1. The molecule has 27 heavy (non-hydrogen) atoms. The van der Waals surface area contributed by atoms with Crippen molar-refractivity contribution in [2.45, 2.75) is 0 Å². The minimum absolute atomic E-state index is 0.197. The lowest BCUT2D eigenvalue weighted by atomic mass is 10.1. The van der Waals surface area contributed by atoms with Crippen LogP contribution in [0, 0.1) is 0 Å². The topological polar surface area (TPSA) is 113 Å². The fraction of sp³-hybridized carbons (Fsp3) is 0.0526. The molecule has 8 nitrogen and oxygen atoms in total. The van der Waals surface area contributed by atoms with Gasteiger partial charge in [0.25, 0.3) is 11.8 Å². The molecule has 0 radical (unpaired) electrons. The lowest BCUT2D eigenvalue weighted by Gasteiger charge is -2.26. The number of nitrogens with one attached hydrogen (secondary N) is 1. The zero-order chi connectivity index (χ0) is 19.4. The summed E-state index contributed by atoms with van der Waals surface area (Å²) in [4.78, 5) is 48.2. The van der Waals surface area contributed by atoms with Gasteiger partial charge in [0.1, 0.15) is 11.3 Å². The first-order valence-corrected chi connectivity index (χ1v) is 7.87. The van der Waals surface area contributed by atoms with Gasteiger partial charge in [-0.05, 0) is 35.9 Å². The van der Waals surface area contributed by atoms with Crippen molar-refractivity contribution in [1.82, 2.24) is 5.32 Å². The molecule has 2 N–H and O–H groups in total. The molecular weight excluding hydrogens is 352 g/mol. The molecule has 1 fully saturated rings. The van der Waals surface area contributed by atoms with E-state index in [-0.39, 0.29) is 5.57 Å². The first-order chi connectivity index (χ1) is 13.0. The van der Waals surface area contributed by atoms with E-state index in [0.29, 0.717) is 17.0 Å². The minimum Gasteiger partial charge on any atom is -0.482 e. The van der Waals surface area contributed by atoms with E-state index in [1.54, 1.807) is 42.5 Å². The summed E-state index contributed by atoms with van der Waals surface area (Å²) >= 11 is 0. The summed E-state index contributed by atoms with van der Waals surface area (Å²) in [5, 5.41) is 10.7. The number of imide groups is 2. The number of ether oxygens (including phenoxy) is 1. The fourth-order valence-corrected chi connectivity index (χ4v) is 2.44. The maximum atomic E-state index is 12.7. The van der Waals surface area contributed by atoms with Gasteiger partial charge in [-0.3, -0.25) is 14.9 Å². The Morgan fingerprint density at radius 1 is 1.04 bits per heavy atom. The number of carbonyl (C=O) groups is 4. The highest BCUT2D eigenvalue weighted by atomic mass is 16.5. The van der Waals surface area contributed by atoms with Gasteiger partial charge in [0.05, 0.1) is 5.69 Å². The Morgan fingerprint density at radius 3 is 2.33 bits per heavy atom. The van der Waals surface area contributed by atoms with Crippen molar-refractivity contribution in [3.05, 3.63) is 65.7 Å². The number of carboxylic acids is 1. The number of carbonyl (C=O) groups excluding carboxylic acids is 3. The van der Waals surface area contributed by atoms with Gasteiger partial charge in [-0.15, -0.1) is 0 Å². The van der Waals surface area contributed by atoms with Crippen LogP contribution in [0.5, 0.6) is 5.75 Å². The molecule has 3 rings (SSSR count). The summed E-state index contributed by atoms with van der Waals surface area (Å²) in [7, 11) is 0. The number of para-hydroxylation sites is 1. The molecule has 0 bridgehead atoms. The zero-order valence-electron chi connectivity index (χ0n) is 13.9. The predicted octanol–water partition coefficient (Wildman–Crippen LogP) is 1.82. The third-order valence-electron chi connectivity index (χ3n) is 3.67. The van der Waals surface area contributed by atoms with Crippen LogP contribution in [0.15, 0.2) is 60.2 Å². The van der Waals surface area contributed by atoms with Gasteiger partial charge in [-0.2, -0.15) is 0 Å². The van der Waals surface area contributed by atoms with Crippen molar-refractivity contribution < 1.29 is 29.0 Å². The molecule has 0 saturated carbocycles.